The van der Waals surface area contributed by atoms with E-state index in [1.54, 1.807) is 4.90 Å². The largest absolute Gasteiger partial charge is 0.469 e. The Kier molecular flexibility index (Phi) is 4.39. The second kappa shape index (κ2) is 5.35. The van der Waals surface area contributed by atoms with Crippen molar-refractivity contribution in [2.45, 2.75) is 13.3 Å². The van der Waals surface area contributed by atoms with Crippen molar-refractivity contribution < 1.29 is 14.3 Å². The first-order chi connectivity index (χ1) is 7.10. The molecule has 15 heavy (non-hydrogen) atoms. The summed E-state index contributed by atoms with van der Waals surface area (Å²) in [6.45, 7) is 3.04. The highest BCUT2D eigenvalue weighted by molar-refractivity contribution is 6.18. The lowest BCUT2D eigenvalue weighted by atomic mass is 9.99. The first kappa shape index (κ1) is 12.3. The average molecular weight is 234 g/mol. The smallest absolute Gasteiger partial charge is 0.310 e. The fraction of sp³-hybridized carbons (Fsp3) is 0.800. The minimum absolute atomic E-state index is 0.0169. The molecule has 0 aromatic heterocycles. The third-order valence-electron chi connectivity index (χ3n) is 2.78. The number of carbonyl (C=O) groups excluding carboxylic acids is 2. The first-order valence-electron chi connectivity index (χ1n) is 5.01. The van der Waals surface area contributed by atoms with Crippen molar-refractivity contribution in [1.82, 2.24) is 4.90 Å². The lowest BCUT2D eigenvalue weighted by Gasteiger charge is -2.14. The Morgan fingerprint density at radius 3 is 2.67 bits per heavy atom. The van der Waals surface area contributed by atoms with Gasteiger partial charge < -0.3 is 9.64 Å². The van der Waals surface area contributed by atoms with Crippen LogP contribution in [0, 0.1) is 11.8 Å². The Morgan fingerprint density at radius 1 is 1.47 bits per heavy atom. The van der Waals surface area contributed by atoms with Crippen molar-refractivity contribution >= 4 is 23.5 Å². The molecular formula is C10H16ClNO3. The van der Waals surface area contributed by atoms with Crippen molar-refractivity contribution in [2.24, 2.45) is 11.8 Å². The van der Waals surface area contributed by atoms with Crippen LogP contribution in [-0.4, -0.2) is 42.9 Å². The quantitative estimate of drug-likeness (QED) is 0.537. The summed E-state index contributed by atoms with van der Waals surface area (Å²) in [5.74, 6) is 0.0880. The average Bonchev–Trinajstić information content (AvgIpc) is 2.60. The van der Waals surface area contributed by atoms with Crippen LogP contribution in [0.3, 0.4) is 0 Å². The molecule has 4 nitrogen and oxygen atoms in total. The van der Waals surface area contributed by atoms with Gasteiger partial charge in [0.1, 0.15) is 0 Å². The molecule has 1 aliphatic rings. The highest BCUT2D eigenvalue weighted by Gasteiger charge is 2.37. The van der Waals surface area contributed by atoms with Crippen LogP contribution in [0.25, 0.3) is 0 Å². The van der Waals surface area contributed by atoms with E-state index in [1.807, 2.05) is 6.92 Å². The van der Waals surface area contributed by atoms with E-state index in [-0.39, 0.29) is 23.7 Å². The molecule has 0 aromatic rings. The van der Waals surface area contributed by atoms with Gasteiger partial charge in [0.25, 0.3) is 0 Å². The molecule has 0 N–H and O–H groups in total. The SMILES string of the molecule is COC(=O)C1CN(C(=O)CCCl)CC1C. The van der Waals surface area contributed by atoms with Crippen LogP contribution < -0.4 is 0 Å². The minimum Gasteiger partial charge on any atom is -0.469 e. The lowest BCUT2D eigenvalue weighted by molar-refractivity contribution is -0.146. The lowest BCUT2D eigenvalue weighted by Crippen LogP contribution is -2.30. The summed E-state index contributed by atoms with van der Waals surface area (Å²) in [7, 11) is 1.37. The molecule has 0 bridgehead atoms. The number of alkyl halides is 1. The number of hydrogen-bond acceptors (Lipinski definition) is 3. The van der Waals surface area contributed by atoms with Crippen LogP contribution in [-0.2, 0) is 14.3 Å². The predicted molar refractivity (Wildman–Crippen MR) is 56.6 cm³/mol. The molecular weight excluding hydrogens is 218 g/mol. The molecule has 1 heterocycles. The Labute approximate surface area is 94.5 Å². The topological polar surface area (TPSA) is 46.6 Å². The van der Waals surface area contributed by atoms with Gasteiger partial charge in [-0.05, 0) is 5.92 Å². The van der Waals surface area contributed by atoms with E-state index in [4.69, 9.17) is 11.6 Å². The summed E-state index contributed by atoms with van der Waals surface area (Å²) in [6, 6.07) is 0. The molecule has 2 unspecified atom stereocenters. The maximum absolute atomic E-state index is 11.5. The van der Waals surface area contributed by atoms with Crippen LogP contribution in [0.2, 0.25) is 0 Å². The molecule has 1 saturated heterocycles. The molecule has 2 atom stereocenters. The highest BCUT2D eigenvalue weighted by atomic mass is 35.5. The van der Waals surface area contributed by atoms with Gasteiger partial charge in [-0.15, -0.1) is 11.6 Å². The van der Waals surface area contributed by atoms with Crippen molar-refractivity contribution in [1.29, 1.82) is 0 Å². The van der Waals surface area contributed by atoms with Crippen molar-refractivity contribution in [3.8, 4) is 0 Å². The summed E-state index contributed by atoms with van der Waals surface area (Å²) in [4.78, 5) is 24.6. The van der Waals surface area contributed by atoms with E-state index in [0.717, 1.165) is 0 Å². The van der Waals surface area contributed by atoms with Gasteiger partial charge in [-0.25, -0.2) is 0 Å². The van der Waals surface area contributed by atoms with Gasteiger partial charge in [-0.3, -0.25) is 9.59 Å². The number of esters is 1. The van der Waals surface area contributed by atoms with Crippen molar-refractivity contribution in [3.63, 3.8) is 0 Å². The summed E-state index contributed by atoms with van der Waals surface area (Å²) in [6.07, 6.45) is 0.335. The fourth-order valence-electron chi connectivity index (χ4n) is 1.87. The minimum atomic E-state index is -0.233. The molecule has 0 aromatic carbocycles. The van der Waals surface area contributed by atoms with Gasteiger partial charge >= 0.3 is 5.97 Å². The number of methoxy groups -OCH3 is 1. The maximum Gasteiger partial charge on any atom is 0.310 e. The van der Waals surface area contributed by atoms with E-state index in [9.17, 15) is 9.59 Å². The molecule has 0 spiro atoms. The number of rotatable bonds is 3. The summed E-state index contributed by atoms with van der Waals surface area (Å²) >= 11 is 5.50. The van der Waals surface area contributed by atoms with Crippen LogP contribution >= 0.6 is 11.6 Å². The molecule has 0 saturated carbocycles. The van der Waals surface area contributed by atoms with Crippen LogP contribution in [0.1, 0.15) is 13.3 Å². The zero-order valence-electron chi connectivity index (χ0n) is 9.03. The summed E-state index contributed by atoms with van der Waals surface area (Å²) in [5, 5.41) is 0. The predicted octanol–water partition coefficient (Wildman–Crippen LogP) is 0.883. The number of halogens is 1. The van der Waals surface area contributed by atoms with E-state index < -0.39 is 0 Å². The van der Waals surface area contributed by atoms with Crippen molar-refractivity contribution in [3.05, 3.63) is 0 Å². The molecule has 1 fully saturated rings. The molecule has 1 amide bonds. The van der Waals surface area contributed by atoms with E-state index in [2.05, 4.69) is 4.74 Å². The summed E-state index contributed by atoms with van der Waals surface area (Å²) in [5.41, 5.74) is 0. The Bertz CT molecular complexity index is 257. The summed E-state index contributed by atoms with van der Waals surface area (Å²) < 4.78 is 4.69. The number of likely N-dealkylation sites (tertiary alicyclic amines) is 1. The number of nitrogens with zero attached hydrogens (tertiary/aromatic N) is 1. The standard InChI is InChI=1S/C10H16ClNO3/c1-7-5-12(9(13)3-4-11)6-8(7)10(14)15-2/h7-8H,3-6H2,1-2H3. The van der Waals surface area contributed by atoms with Crippen molar-refractivity contribution in [2.75, 3.05) is 26.1 Å². The number of amides is 1. The highest BCUT2D eigenvalue weighted by Crippen LogP contribution is 2.24. The van der Waals surface area contributed by atoms with Crippen LogP contribution in [0.15, 0.2) is 0 Å². The van der Waals surface area contributed by atoms with Gasteiger partial charge in [0.05, 0.1) is 13.0 Å². The number of ether oxygens (including phenoxy) is 1. The van der Waals surface area contributed by atoms with Gasteiger partial charge in [-0.2, -0.15) is 0 Å². The number of carbonyl (C=O) groups is 2. The molecule has 1 rings (SSSR count). The molecule has 86 valence electrons. The fourth-order valence-corrected chi connectivity index (χ4v) is 2.03. The Morgan fingerprint density at radius 2 is 2.13 bits per heavy atom. The molecule has 0 radical (unpaired) electrons. The Hall–Kier alpha value is -0.770. The number of hydrogen-bond donors (Lipinski definition) is 0. The molecule has 1 aliphatic heterocycles. The van der Waals surface area contributed by atoms with Gasteiger partial charge in [0.15, 0.2) is 0 Å². The zero-order valence-corrected chi connectivity index (χ0v) is 9.79. The van der Waals surface area contributed by atoms with Gasteiger partial charge in [0.2, 0.25) is 5.91 Å². The second-order valence-corrected chi connectivity index (χ2v) is 4.22. The van der Waals surface area contributed by atoms with E-state index >= 15 is 0 Å². The second-order valence-electron chi connectivity index (χ2n) is 3.84. The van der Waals surface area contributed by atoms with Crippen LogP contribution in [0.5, 0.6) is 0 Å². The van der Waals surface area contributed by atoms with Gasteiger partial charge in [0, 0.05) is 25.4 Å². The third kappa shape index (κ3) is 2.84. The third-order valence-corrected chi connectivity index (χ3v) is 2.97. The normalized spacial score (nSPS) is 25.4. The maximum atomic E-state index is 11.5. The zero-order chi connectivity index (χ0) is 11.4. The molecule has 5 heteroatoms. The molecule has 0 aliphatic carbocycles. The Balaban J connectivity index is 2.55. The van der Waals surface area contributed by atoms with Gasteiger partial charge in [-0.1, -0.05) is 6.92 Å². The monoisotopic (exact) mass is 233 g/mol. The van der Waals surface area contributed by atoms with E-state index in [0.29, 0.717) is 25.4 Å². The van der Waals surface area contributed by atoms with Crippen LogP contribution in [0.4, 0.5) is 0 Å². The first-order valence-corrected chi connectivity index (χ1v) is 5.55. The van der Waals surface area contributed by atoms with E-state index in [1.165, 1.54) is 7.11 Å².